The molecule has 0 unspecified atom stereocenters. The minimum Gasteiger partial charge on any atom is -0.319 e. The van der Waals surface area contributed by atoms with Gasteiger partial charge < -0.3 is 4.57 Å². The summed E-state index contributed by atoms with van der Waals surface area (Å²) in [5, 5.41) is 8.69. The fourth-order valence-electron chi connectivity index (χ4n) is 2.85. The van der Waals surface area contributed by atoms with Gasteiger partial charge in [0.1, 0.15) is 6.07 Å². The van der Waals surface area contributed by atoms with Crippen molar-refractivity contribution in [2.75, 3.05) is 0 Å². The Morgan fingerprint density at radius 3 is 2.63 bits per heavy atom. The molecule has 1 saturated carbocycles. The van der Waals surface area contributed by atoms with Crippen molar-refractivity contribution in [3.63, 3.8) is 0 Å². The van der Waals surface area contributed by atoms with E-state index in [-0.39, 0.29) is 6.04 Å². The van der Waals surface area contributed by atoms with Crippen LogP contribution in [0.3, 0.4) is 0 Å². The van der Waals surface area contributed by atoms with Crippen LogP contribution in [0.25, 0.3) is 11.0 Å². The van der Waals surface area contributed by atoms with Crippen LogP contribution in [-0.2, 0) is 5.92 Å². The van der Waals surface area contributed by atoms with Gasteiger partial charge in [-0.3, -0.25) is 0 Å². The van der Waals surface area contributed by atoms with Crippen LogP contribution in [0.5, 0.6) is 0 Å². The number of alkyl halides is 2. The van der Waals surface area contributed by atoms with Crippen LogP contribution in [0.15, 0.2) is 24.3 Å². The number of nitrogens with zero attached hydrogens (tertiary/aromatic N) is 3. The maximum atomic E-state index is 13.8. The SMILES string of the molecule is N#CC(F)(F)c1nc2ccccc2n1C1CCCC1. The van der Waals surface area contributed by atoms with Gasteiger partial charge in [-0.05, 0) is 25.0 Å². The van der Waals surface area contributed by atoms with Crippen LogP contribution in [0, 0.1) is 11.3 Å². The predicted octanol–water partition coefficient (Wildman–Crippen LogP) is 3.77. The van der Waals surface area contributed by atoms with Crippen LogP contribution >= 0.6 is 0 Å². The van der Waals surface area contributed by atoms with Gasteiger partial charge in [0.2, 0.25) is 0 Å². The van der Waals surface area contributed by atoms with Gasteiger partial charge in [-0.1, -0.05) is 25.0 Å². The Labute approximate surface area is 109 Å². The smallest absolute Gasteiger partial charge is 0.319 e. The highest BCUT2D eigenvalue weighted by molar-refractivity contribution is 5.76. The summed E-state index contributed by atoms with van der Waals surface area (Å²) >= 11 is 0. The van der Waals surface area contributed by atoms with Gasteiger partial charge in [0.25, 0.3) is 0 Å². The largest absolute Gasteiger partial charge is 0.388 e. The van der Waals surface area contributed by atoms with Crippen LogP contribution in [0.1, 0.15) is 37.5 Å². The van der Waals surface area contributed by atoms with Crippen molar-refractivity contribution in [3.8, 4) is 6.07 Å². The molecule has 98 valence electrons. The fourth-order valence-corrected chi connectivity index (χ4v) is 2.85. The Kier molecular flexibility index (Phi) is 2.74. The minimum atomic E-state index is -3.54. The number of aromatic nitrogens is 2. The highest BCUT2D eigenvalue weighted by Crippen LogP contribution is 2.38. The van der Waals surface area contributed by atoms with Gasteiger partial charge >= 0.3 is 5.92 Å². The van der Waals surface area contributed by atoms with E-state index in [9.17, 15) is 8.78 Å². The summed E-state index contributed by atoms with van der Waals surface area (Å²) in [6.45, 7) is 0. The number of fused-ring (bicyclic) bond motifs is 1. The number of hydrogen-bond donors (Lipinski definition) is 0. The van der Waals surface area contributed by atoms with Gasteiger partial charge in [-0.15, -0.1) is 0 Å². The second-order valence-corrected chi connectivity index (χ2v) is 4.92. The average molecular weight is 261 g/mol. The molecule has 5 heteroatoms. The topological polar surface area (TPSA) is 41.6 Å². The lowest BCUT2D eigenvalue weighted by Crippen LogP contribution is -2.20. The summed E-state index contributed by atoms with van der Waals surface area (Å²) in [5.41, 5.74) is 1.22. The van der Waals surface area contributed by atoms with Crippen LogP contribution in [0.2, 0.25) is 0 Å². The molecule has 19 heavy (non-hydrogen) atoms. The summed E-state index contributed by atoms with van der Waals surface area (Å²) in [6, 6.07) is 8.17. The van der Waals surface area contributed by atoms with E-state index < -0.39 is 11.7 Å². The van der Waals surface area contributed by atoms with E-state index in [0.717, 1.165) is 31.8 Å². The van der Waals surface area contributed by atoms with Crippen molar-refractivity contribution >= 4 is 11.0 Å². The van der Waals surface area contributed by atoms with Gasteiger partial charge in [0.15, 0.2) is 5.82 Å². The van der Waals surface area contributed by atoms with Crippen molar-refractivity contribution in [3.05, 3.63) is 30.1 Å². The van der Waals surface area contributed by atoms with Crippen LogP contribution < -0.4 is 0 Å². The van der Waals surface area contributed by atoms with Crippen LogP contribution in [0.4, 0.5) is 8.78 Å². The van der Waals surface area contributed by atoms with E-state index in [1.807, 2.05) is 6.07 Å². The number of benzene rings is 1. The van der Waals surface area contributed by atoms with Crippen molar-refractivity contribution in [2.24, 2.45) is 0 Å². The second-order valence-electron chi connectivity index (χ2n) is 4.92. The second kappa shape index (κ2) is 4.30. The monoisotopic (exact) mass is 261 g/mol. The third-order valence-electron chi connectivity index (χ3n) is 3.71. The van der Waals surface area contributed by atoms with Crippen molar-refractivity contribution in [1.82, 2.24) is 9.55 Å². The highest BCUT2D eigenvalue weighted by Gasteiger charge is 2.39. The maximum absolute atomic E-state index is 13.8. The standard InChI is InChI=1S/C14H13F2N3/c15-14(16,9-17)13-18-11-7-3-4-8-12(11)19(13)10-5-1-2-6-10/h3-4,7-8,10H,1-2,5-6H2. The Bertz CT molecular complexity index is 648. The Hall–Kier alpha value is -1.96. The summed E-state index contributed by atoms with van der Waals surface area (Å²) in [6.07, 6.45) is 3.81. The van der Waals surface area contributed by atoms with E-state index in [0.29, 0.717) is 11.0 Å². The third kappa shape index (κ3) is 1.88. The highest BCUT2D eigenvalue weighted by atomic mass is 19.3. The van der Waals surface area contributed by atoms with E-state index in [1.54, 1.807) is 22.8 Å². The van der Waals surface area contributed by atoms with Gasteiger partial charge in [-0.2, -0.15) is 14.0 Å². The molecule has 1 aliphatic carbocycles. The molecule has 3 rings (SSSR count). The van der Waals surface area contributed by atoms with Gasteiger partial charge in [0.05, 0.1) is 11.0 Å². The summed E-state index contributed by atoms with van der Waals surface area (Å²) in [5.74, 6) is -3.95. The fraction of sp³-hybridized carbons (Fsp3) is 0.429. The first kappa shape index (κ1) is 12.1. The zero-order valence-electron chi connectivity index (χ0n) is 10.3. The first-order chi connectivity index (χ1) is 9.13. The average Bonchev–Trinajstić information content (AvgIpc) is 3.05. The number of imidazole rings is 1. The molecule has 0 saturated heterocycles. The quantitative estimate of drug-likeness (QED) is 0.825. The molecule has 0 aliphatic heterocycles. The van der Waals surface area contributed by atoms with E-state index in [1.165, 1.54) is 0 Å². The number of hydrogen-bond acceptors (Lipinski definition) is 2. The van der Waals surface area contributed by atoms with E-state index in [2.05, 4.69) is 4.98 Å². The first-order valence-corrected chi connectivity index (χ1v) is 6.40. The molecule has 1 fully saturated rings. The predicted molar refractivity (Wildman–Crippen MR) is 66.7 cm³/mol. The zero-order valence-corrected chi connectivity index (χ0v) is 10.3. The lowest BCUT2D eigenvalue weighted by atomic mass is 10.2. The zero-order chi connectivity index (χ0) is 13.5. The Morgan fingerprint density at radius 1 is 1.26 bits per heavy atom. The van der Waals surface area contributed by atoms with E-state index in [4.69, 9.17) is 5.26 Å². The molecule has 3 nitrogen and oxygen atoms in total. The lowest BCUT2D eigenvalue weighted by molar-refractivity contribution is 0.0458. The Balaban J connectivity index is 2.26. The molecule has 1 aromatic carbocycles. The van der Waals surface area contributed by atoms with Gasteiger partial charge in [-0.25, -0.2) is 4.98 Å². The summed E-state index contributed by atoms with van der Waals surface area (Å²) in [7, 11) is 0. The van der Waals surface area contributed by atoms with Crippen molar-refractivity contribution in [2.45, 2.75) is 37.6 Å². The summed E-state index contributed by atoms with van der Waals surface area (Å²) in [4.78, 5) is 3.99. The van der Waals surface area contributed by atoms with Gasteiger partial charge in [0, 0.05) is 6.04 Å². The number of rotatable bonds is 2. The molecule has 1 heterocycles. The normalized spacial score (nSPS) is 16.9. The first-order valence-electron chi connectivity index (χ1n) is 6.40. The molecule has 0 spiro atoms. The molecule has 1 aromatic heterocycles. The van der Waals surface area contributed by atoms with E-state index >= 15 is 0 Å². The Morgan fingerprint density at radius 2 is 1.95 bits per heavy atom. The molecule has 0 atom stereocenters. The van der Waals surface area contributed by atoms with Crippen molar-refractivity contribution in [1.29, 1.82) is 5.26 Å². The molecule has 0 amide bonds. The molecule has 0 N–H and O–H groups in total. The summed E-state index contributed by atoms with van der Waals surface area (Å²) < 4.78 is 29.2. The lowest BCUT2D eigenvalue weighted by Gasteiger charge is -2.18. The third-order valence-corrected chi connectivity index (χ3v) is 3.71. The molecule has 2 aromatic rings. The molecular weight excluding hydrogens is 248 g/mol. The molecule has 1 aliphatic rings. The van der Waals surface area contributed by atoms with Crippen LogP contribution in [-0.4, -0.2) is 9.55 Å². The maximum Gasteiger partial charge on any atom is 0.388 e. The number of nitriles is 1. The minimum absolute atomic E-state index is 0.0293. The number of para-hydroxylation sites is 2. The number of halogens is 2. The molecule has 0 radical (unpaired) electrons. The molecule has 0 bridgehead atoms. The molecular formula is C14H13F2N3. The van der Waals surface area contributed by atoms with Crippen molar-refractivity contribution < 1.29 is 8.78 Å².